The summed E-state index contributed by atoms with van der Waals surface area (Å²) in [7, 11) is 0. The van der Waals surface area contributed by atoms with E-state index in [2.05, 4.69) is 9.84 Å². The van der Waals surface area contributed by atoms with Crippen molar-refractivity contribution in [2.24, 2.45) is 0 Å². The van der Waals surface area contributed by atoms with Crippen molar-refractivity contribution in [2.75, 3.05) is 0 Å². The number of hydrogen-bond acceptors (Lipinski definition) is 5. The van der Waals surface area contributed by atoms with Gasteiger partial charge in [0.25, 0.3) is 0 Å². The highest BCUT2D eigenvalue weighted by Gasteiger charge is 2.14. The number of hydrogen-bond donors (Lipinski definition) is 1. The van der Waals surface area contributed by atoms with Crippen LogP contribution < -0.4 is 10.5 Å². The molecule has 6 nitrogen and oxygen atoms in total. The van der Waals surface area contributed by atoms with Gasteiger partial charge in [-0.05, 0) is 24.1 Å². The van der Waals surface area contributed by atoms with Crippen molar-refractivity contribution in [3.63, 3.8) is 0 Å². The van der Waals surface area contributed by atoms with E-state index >= 15 is 0 Å². The first-order valence-electron chi connectivity index (χ1n) is 6.79. The molecule has 0 bridgehead atoms. The lowest BCUT2D eigenvalue weighted by Gasteiger charge is -2.11. The predicted octanol–water partition coefficient (Wildman–Crippen LogP) is 2.12. The number of rotatable bonds is 7. The molecule has 0 aliphatic rings. The molecule has 0 saturated carbocycles. The summed E-state index contributed by atoms with van der Waals surface area (Å²) >= 11 is 0. The quantitative estimate of drug-likeness (QED) is 0.847. The Labute approximate surface area is 124 Å². The standard InChI is InChI=1S/C14H16F2N2O4/c1-2-3-12-17-18(14(20)22-12)8-11(19)9-4-6-10(7-5-9)21-13(15)16/h4-7,11,13,19H,2-3,8H2,1H3. The van der Waals surface area contributed by atoms with Crippen molar-refractivity contribution in [3.05, 3.63) is 46.3 Å². The number of ether oxygens (including phenoxy) is 1. The molecule has 1 unspecified atom stereocenters. The minimum atomic E-state index is -2.90. The van der Waals surface area contributed by atoms with E-state index in [1.807, 2.05) is 6.92 Å². The topological polar surface area (TPSA) is 77.5 Å². The second-order valence-corrected chi connectivity index (χ2v) is 4.66. The van der Waals surface area contributed by atoms with E-state index in [9.17, 15) is 18.7 Å². The van der Waals surface area contributed by atoms with Gasteiger partial charge in [-0.2, -0.15) is 13.5 Å². The average molecular weight is 314 g/mol. The molecule has 0 saturated heterocycles. The van der Waals surface area contributed by atoms with Crippen molar-refractivity contribution < 1.29 is 23.0 Å². The Morgan fingerprint density at radius 1 is 1.36 bits per heavy atom. The van der Waals surface area contributed by atoms with Gasteiger partial charge < -0.3 is 14.3 Å². The van der Waals surface area contributed by atoms with E-state index in [1.165, 1.54) is 24.3 Å². The molecule has 1 atom stereocenters. The van der Waals surface area contributed by atoms with Gasteiger partial charge in [0, 0.05) is 6.42 Å². The van der Waals surface area contributed by atoms with Crippen molar-refractivity contribution >= 4 is 0 Å². The first-order valence-corrected chi connectivity index (χ1v) is 6.79. The lowest BCUT2D eigenvalue weighted by molar-refractivity contribution is -0.0498. The van der Waals surface area contributed by atoms with Crippen LogP contribution in [0, 0.1) is 0 Å². The number of nitrogens with zero attached hydrogens (tertiary/aromatic N) is 2. The lowest BCUT2D eigenvalue weighted by atomic mass is 10.1. The summed E-state index contributed by atoms with van der Waals surface area (Å²) in [5.41, 5.74) is 0.452. The number of aliphatic hydroxyl groups is 1. The van der Waals surface area contributed by atoms with Crippen LogP contribution in [0.1, 0.15) is 30.9 Å². The highest BCUT2D eigenvalue weighted by molar-refractivity contribution is 5.28. The Balaban J connectivity index is 2.05. The summed E-state index contributed by atoms with van der Waals surface area (Å²) in [6, 6.07) is 5.53. The van der Waals surface area contributed by atoms with E-state index in [-0.39, 0.29) is 12.3 Å². The van der Waals surface area contributed by atoms with Crippen LogP contribution in [0.2, 0.25) is 0 Å². The molecule has 1 N–H and O–H groups in total. The molecule has 0 spiro atoms. The molecule has 8 heteroatoms. The number of aromatic nitrogens is 2. The fraction of sp³-hybridized carbons (Fsp3) is 0.429. The SMILES string of the molecule is CCCc1nn(CC(O)c2ccc(OC(F)F)cc2)c(=O)o1. The normalized spacial score (nSPS) is 12.6. The third-order valence-corrected chi connectivity index (χ3v) is 2.95. The molecule has 1 heterocycles. The Bertz CT molecular complexity index is 652. The van der Waals surface area contributed by atoms with E-state index in [4.69, 9.17) is 4.42 Å². The fourth-order valence-corrected chi connectivity index (χ4v) is 1.92. The maximum atomic E-state index is 12.0. The predicted molar refractivity (Wildman–Crippen MR) is 72.8 cm³/mol. The van der Waals surface area contributed by atoms with Crippen molar-refractivity contribution in [1.29, 1.82) is 0 Å². The molecule has 120 valence electrons. The molecular formula is C14H16F2N2O4. The first-order chi connectivity index (χ1) is 10.5. The van der Waals surface area contributed by atoms with Gasteiger partial charge >= 0.3 is 12.4 Å². The van der Waals surface area contributed by atoms with E-state index in [0.29, 0.717) is 17.9 Å². The summed E-state index contributed by atoms with van der Waals surface area (Å²) in [4.78, 5) is 11.6. The molecule has 2 rings (SSSR count). The van der Waals surface area contributed by atoms with Crippen molar-refractivity contribution in [3.8, 4) is 5.75 Å². The molecule has 0 radical (unpaired) electrons. The fourth-order valence-electron chi connectivity index (χ4n) is 1.92. The number of alkyl halides is 2. The van der Waals surface area contributed by atoms with E-state index < -0.39 is 18.5 Å². The van der Waals surface area contributed by atoms with Crippen LogP contribution in [-0.4, -0.2) is 21.5 Å². The summed E-state index contributed by atoms with van der Waals surface area (Å²) in [6.07, 6.45) is 0.310. The Hall–Kier alpha value is -2.22. The van der Waals surface area contributed by atoms with Gasteiger partial charge in [-0.15, -0.1) is 5.10 Å². The maximum Gasteiger partial charge on any atom is 0.437 e. The van der Waals surface area contributed by atoms with E-state index in [1.54, 1.807) is 0 Å². The molecule has 0 amide bonds. The molecule has 2 aromatic rings. The maximum absolute atomic E-state index is 12.0. The second kappa shape index (κ2) is 7.17. The zero-order valence-corrected chi connectivity index (χ0v) is 11.9. The molecule has 0 fully saturated rings. The molecule has 1 aromatic heterocycles. The van der Waals surface area contributed by atoms with Gasteiger partial charge in [0.2, 0.25) is 5.89 Å². The smallest absolute Gasteiger partial charge is 0.435 e. The minimum absolute atomic E-state index is 0.00483. The third-order valence-electron chi connectivity index (χ3n) is 2.95. The van der Waals surface area contributed by atoms with Crippen LogP contribution in [0.3, 0.4) is 0 Å². The summed E-state index contributed by atoms with van der Waals surface area (Å²) in [6.45, 7) is -1.06. The summed E-state index contributed by atoms with van der Waals surface area (Å²) < 4.78 is 34.3. The summed E-state index contributed by atoms with van der Waals surface area (Å²) in [5.74, 6) is -0.324. The summed E-state index contributed by atoms with van der Waals surface area (Å²) in [5, 5.41) is 14.1. The van der Waals surface area contributed by atoms with Crippen LogP contribution in [0.25, 0.3) is 0 Å². The first kappa shape index (κ1) is 16.2. The average Bonchev–Trinajstić information content (AvgIpc) is 2.79. The van der Waals surface area contributed by atoms with Crippen molar-refractivity contribution in [1.82, 2.24) is 9.78 Å². The second-order valence-electron chi connectivity index (χ2n) is 4.66. The van der Waals surface area contributed by atoms with Crippen LogP contribution in [0.4, 0.5) is 8.78 Å². The number of aliphatic hydroxyl groups excluding tert-OH is 1. The Morgan fingerprint density at radius 2 is 2.05 bits per heavy atom. The Kier molecular flexibility index (Phi) is 5.26. The minimum Gasteiger partial charge on any atom is -0.435 e. The highest BCUT2D eigenvalue weighted by atomic mass is 19.3. The lowest BCUT2D eigenvalue weighted by Crippen LogP contribution is -2.20. The van der Waals surface area contributed by atoms with Gasteiger partial charge in [-0.25, -0.2) is 4.79 Å². The van der Waals surface area contributed by atoms with Gasteiger partial charge in [0.15, 0.2) is 0 Å². The zero-order valence-electron chi connectivity index (χ0n) is 11.9. The van der Waals surface area contributed by atoms with Gasteiger partial charge in [0.1, 0.15) is 5.75 Å². The molecule has 0 aliphatic heterocycles. The molecule has 1 aromatic carbocycles. The zero-order chi connectivity index (χ0) is 16.1. The molecule has 0 aliphatic carbocycles. The number of benzene rings is 1. The largest absolute Gasteiger partial charge is 0.437 e. The van der Waals surface area contributed by atoms with Crippen LogP contribution in [-0.2, 0) is 13.0 Å². The number of aryl methyl sites for hydroxylation is 1. The van der Waals surface area contributed by atoms with E-state index in [0.717, 1.165) is 11.1 Å². The monoisotopic (exact) mass is 314 g/mol. The number of halogens is 2. The molecule has 22 heavy (non-hydrogen) atoms. The third kappa shape index (κ3) is 4.14. The Morgan fingerprint density at radius 3 is 2.64 bits per heavy atom. The highest BCUT2D eigenvalue weighted by Crippen LogP contribution is 2.20. The van der Waals surface area contributed by atoms with Crippen molar-refractivity contribution in [2.45, 2.75) is 39.0 Å². The van der Waals surface area contributed by atoms with Crippen LogP contribution >= 0.6 is 0 Å². The van der Waals surface area contributed by atoms with Crippen LogP contribution in [0.15, 0.2) is 33.5 Å². The van der Waals surface area contributed by atoms with Crippen LogP contribution in [0.5, 0.6) is 5.75 Å². The molecular weight excluding hydrogens is 298 g/mol. The van der Waals surface area contributed by atoms with Gasteiger partial charge in [-0.3, -0.25) is 0 Å². The van der Waals surface area contributed by atoms with Gasteiger partial charge in [-0.1, -0.05) is 19.1 Å². The van der Waals surface area contributed by atoms with Gasteiger partial charge in [0.05, 0.1) is 12.6 Å².